The van der Waals surface area contributed by atoms with Gasteiger partial charge in [0.1, 0.15) is 0 Å². The Morgan fingerprint density at radius 2 is 2.44 bits per heavy atom. The molecular weight excluding hydrogens is 116 g/mol. The zero-order valence-corrected chi connectivity index (χ0v) is 5.64. The van der Waals surface area contributed by atoms with Gasteiger partial charge in [-0.15, -0.1) is 0 Å². The first-order chi connectivity index (χ1) is 4.24. The monoisotopic (exact) mass is 126 g/mol. The fourth-order valence-corrected chi connectivity index (χ4v) is 0.857. The number of hydrogen-bond donors (Lipinski definition) is 1. The first-order valence-corrected chi connectivity index (χ1v) is 2.99. The van der Waals surface area contributed by atoms with Crippen LogP contribution < -0.4 is 5.56 Å². The van der Waals surface area contributed by atoms with E-state index in [9.17, 15) is 4.79 Å². The minimum absolute atomic E-state index is 0.0191. The second-order valence-electron chi connectivity index (χ2n) is 2.02. The minimum Gasteiger partial charge on any atom is -0.292 e. The second kappa shape index (κ2) is 2.09. The van der Waals surface area contributed by atoms with Crippen molar-refractivity contribution in [2.24, 2.45) is 7.05 Å². The molecule has 0 fully saturated rings. The summed E-state index contributed by atoms with van der Waals surface area (Å²) in [7, 11) is 1.83. The van der Waals surface area contributed by atoms with Crippen LogP contribution in [0.4, 0.5) is 0 Å². The third-order valence-corrected chi connectivity index (χ3v) is 1.37. The third-order valence-electron chi connectivity index (χ3n) is 1.37. The molecule has 3 heteroatoms. The maximum atomic E-state index is 10.6. The maximum Gasteiger partial charge on any atom is 0.264 e. The van der Waals surface area contributed by atoms with Crippen molar-refractivity contribution in [1.29, 1.82) is 0 Å². The molecule has 1 rings (SSSR count). The lowest BCUT2D eigenvalue weighted by Gasteiger charge is -1.94. The Labute approximate surface area is 53.3 Å². The molecule has 3 nitrogen and oxygen atoms in total. The lowest BCUT2D eigenvalue weighted by atomic mass is 10.3. The molecule has 1 N–H and O–H groups in total. The predicted molar refractivity (Wildman–Crippen MR) is 35.4 cm³/mol. The van der Waals surface area contributed by atoms with Gasteiger partial charge >= 0.3 is 0 Å². The van der Waals surface area contributed by atoms with E-state index in [0.29, 0.717) is 0 Å². The molecule has 0 saturated heterocycles. The molecule has 0 unspecified atom stereocenters. The van der Waals surface area contributed by atoms with Crippen LogP contribution in [0.15, 0.2) is 10.9 Å². The van der Waals surface area contributed by atoms with Crippen molar-refractivity contribution in [2.45, 2.75) is 13.3 Å². The van der Waals surface area contributed by atoms with Gasteiger partial charge < -0.3 is 0 Å². The fraction of sp³-hybridized carbons (Fsp3) is 0.500. The lowest BCUT2D eigenvalue weighted by molar-refractivity contribution is 0.711. The van der Waals surface area contributed by atoms with Crippen molar-refractivity contribution in [2.75, 3.05) is 0 Å². The van der Waals surface area contributed by atoms with Crippen LogP contribution in [-0.2, 0) is 13.5 Å². The summed E-state index contributed by atoms with van der Waals surface area (Å²) in [6.45, 7) is 2.02. The number of hydrogen-bond acceptors (Lipinski definition) is 1. The zero-order valence-electron chi connectivity index (χ0n) is 5.64. The van der Waals surface area contributed by atoms with Crippen molar-refractivity contribution >= 4 is 0 Å². The number of aromatic nitrogens is 2. The summed E-state index contributed by atoms with van der Waals surface area (Å²) in [5, 5.41) is 2.62. The zero-order chi connectivity index (χ0) is 6.85. The predicted octanol–water partition coefficient (Wildman–Crippen LogP) is 0.276. The Bertz CT molecular complexity index is 246. The minimum atomic E-state index is -0.0191. The Kier molecular flexibility index (Phi) is 1.42. The van der Waals surface area contributed by atoms with Crippen LogP contribution in [0.2, 0.25) is 0 Å². The Hall–Kier alpha value is -0.990. The highest BCUT2D eigenvalue weighted by Crippen LogP contribution is 1.90. The van der Waals surface area contributed by atoms with E-state index in [4.69, 9.17) is 0 Å². The fourth-order valence-electron chi connectivity index (χ4n) is 0.857. The van der Waals surface area contributed by atoms with E-state index in [0.717, 1.165) is 12.1 Å². The maximum absolute atomic E-state index is 10.6. The molecule has 0 aliphatic carbocycles. The second-order valence-corrected chi connectivity index (χ2v) is 2.02. The van der Waals surface area contributed by atoms with Gasteiger partial charge in [0.25, 0.3) is 5.56 Å². The van der Waals surface area contributed by atoms with Crippen molar-refractivity contribution in [3.63, 3.8) is 0 Å². The third kappa shape index (κ3) is 1.04. The van der Waals surface area contributed by atoms with Crippen molar-refractivity contribution in [3.05, 3.63) is 22.1 Å². The summed E-state index contributed by atoms with van der Waals surface area (Å²) in [4.78, 5) is 10.6. The number of rotatable bonds is 1. The average molecular weight is 126 g/mol. The summed E-state index contributed by atoms with van der Waals surface area (Å²) in [5.74, 6) is 0. The number of nitrogens with one attached hydrogen (secondary N) is 1. The summed E-state index contributed by atoms with van der Waals surface area (Å²) in [5.41, 5.74) is 1.02. The van der Waals surface area contributed by atoms with Gasteiger partial charge in [-0.3, -0.25) is 14.6 Å². The van der Waals surface area contributed by atoms with Crippen LogP contribution in [0.1, 0.15) is 12.6 Å². The number of H-pyrrole nitrogens is 1. The van der Waals surface area contributed by atoms with Crippen molar-refractivity contribution in [1.82, 2.24) is 9.78 Å². The van der Waals surface area contributed by atoms with Crippen LogP contribution in [0, 0.1) is 0 Å². The molecule has 0 aromatic carbocycles. The molecule has 9 heavy (non-hydrogen) atoms. The quantitative estimate of drug-likeness (QED) is 0.576. The highest BCUT2D eigenvalue weighted by atomic mass is 16.1. The molecular formula is C6H10N2O. The van der Waals surface area contributed by atoms with E-state index in [1.807, 2.05) is 14.0 Å². The van der Waals surface area contributed by atoms with Gasteiger partial charge in [0.05, 0.1) is 0 Å². The first-order valence-electron chi connectivity index (χ1n) is 2.99. The van der Waals surface area contributed by atoms with Crippen LogP contribution >= 0.6 is 0 Å². The van der Waals surface area contributed by atoms with Crippen LogP contribution in [0.5, 0.6) is 0 Å². The topological polar surface area (TPSA) is 37.8 Å². The summed E-state index contributed by atoms with van der Waals surface area (Å²) < 4.78 is 1.74. The van der Waals surface area contributed by atoms with Crippen LogP contribution in [0.25, 0.3) is 0 Å². The molecule has 1 aromatic rings. The molecule has 0 radical (unpaired) electrons. The van der Waals surface area contributed by atoms with Gasteiger partial charge in [0.15, 0.2) is 0 Å². The molecule has 0 atom stereocenters. The van der Waals surface area contributed by atoms with Crippen molar-refractivity contribution in [3.8, 4) is 0 Å². The van der Waals surface area contributed by atoms with Crippen LogP contribution in [-0.4, -0.2) is 9.78 Å². The Balaban J connectivity index is 3.16. The van der Waals surface area contributed by atoms with Gasteiger partial charge in [-0.2, -0.15) is 0 Å². The summed E-state index contributed by atoms with van der Waals surface area (Å²) >= 11 is 0. The molecule has 1 aromatic heterocycles. The van der Waals surface area contributed by atoms with E-state index < -0.39 is 0 Å². The standard InChI is InChI=1S/C6H10N2O/c1-3-5-4-6(9)7-8(5)2/h4H,3H2,1-2H3,(H,7,9). The molecule has 50 valence electrons. The van der Waals surface area contributed by atoms with E-state index in [-0.39, 0.29) is 5.56 Å². The first kappa shape index (κ1) is 6.13. The number of aromatic amines is 1. The number of nitrogens with zero attached hydrogens (tertiary/aromatic N) is 1. The van der Waals surface area contributed by atoms with Crippen molar-refractivity contribution < 1.29 is 0 Å². The molecule has 0 spiro atoms. The van der Waals surface area contributed by atoms with Gasteiger partial charge in [-0.05, 0) is 6.42 Å². The normalized spacial score (nSPS) is 10.0. The van der Waals surface area contributed by atoms with Crippen LogP contribution in [0.3, 0.4) is 0 Å². The lowest BCUT2D eigenvalue weighted by Crippen LogP contribution is -2.01. The van der Waals surface area contributed by atoms with E-state index in [1.54, 1.807) is 10.7 Å². The molecule has 0 aliphatic rings. The van der Waals surface area contributed by atoms with Gasteiger partial charge in [-0.1, -0.05) is 6.92 Å². The summed E-state index contributed by atoms with van der Waals surface area (Å²) in [6.07, 6.45) is 0.898. The Morgan fingerprint density at radius 1 is 1.78 bits per heavy atom. The van der Waals surface area contributed by atoms with E-state index >= 15 is 0 Å². The molecule has 0 bridgehead atoms. The van der Waals surface area contributed by atoms with Gasteiger partial charge in [-0.25, -0.2) is 0 Å². The van der Waals surface area contributed by atoms with Gasteiger partial charge in [0, 0.05) is 18.8 Å². The Morgan fingerprint density at radius 3 is 2.67 bits per heavy atom. The SMILES string of the molecule is CCc1cc(=O)[nH]n1C. The molecule has 1 heterocycles. The molecule has 0 amide bonds. The molecule has 0 aliphatic heterocycles. The van der Waals surface area contributed by atoms with E-state index in [2.05, 4.69) is 5.10 Å². The molecule has 0 saturated carbocycles. The smallest absolute Gasteiger partial charge is 0.264 e. The highest BCUT2D eigenvalue weighted by molar-refractivity contribution is 4.99. The number of aryl methyl sites for hydroxylation is 2. The summed E-state index contributed by atoms with van der Waals surface area (Å²) in [6, 6.07) is 1.61. The average Bonchev–Trinajstić information content (AvgIpc) is 2.10. The van der Waals surface area contributed by atoms with E-state index in [1.165, 1.54) is 0 Å². The van der Waals surface area contributed by atoms with Gasteiger partial charge in [0.2, 0.25) is 0 Å². The highest BCUT2D eigenvalue weighted by Gasteiger charge is 1.94. The largest absolute Gasteiger partial charge is 0.292 e.